The number of oxazole rings is 1. The number of benzene rings is 4. The van der Waals surface area contributed by atoms with Gasteiger partial charge in [0.25, 0.3) is 0 Å². The monoisotopic (exact) mass is 438 g/mol. The van der Waals surface area contributed by atoms with Gasteiger partial charge in [-0.05, 0) is 77.0 Å². The van der Waals surface area contributed by atoms with Gasteiger partial charge in [0.15, 0.2) is 5.76 Å². The van der Waals surface area contributed by atoms with E-state index in [0.717, 1.165) is 43.9 Å². The van der Waals surface area contributed by atoms with Crippen LogP contribution in [0.25, 0.3) is 55.6 Å². The highest BCUT2D eigenvalue weighted by atomic mass is 35.5. The Morgan fingerprint density at radius 1 is 0.781 bits per heavy atom. The zero-order valence-electron chi connectivity index (χ0n) is 16.8. The van der Waals surface area contributed by atoms with Crippen LogP contribution in [-0.2, 0) is 0 Å². The summed E-state index contributed by atoms with van der Waals surface area (Å²) in [7, 11) is 0. The van der Waals surface area contributed by atoms with Gasteiger partial charge in [-0.3, -0.25) is 0 Å². The van der Waals surface area contributed by atoms with Gasteiger partial charge >= 0.3 is 0 Å². The molecule has 0 unspecified atom stereocenters. The van der Waals surface area contributed by atoms with Gasteiger partial charge in [0.1, 0.15) is 5.82 Å². The molecule has 6 rings (SSSR count). The Morgan fingerprint density at radius 3 is 2.38 bits per heavy atom. The predicted molar refractivity (Wildman–Crippen MR) is 127 cm³/mol. The average Bonchev–Trinajstić information content (AvgIpc) is 3.46. The van der Waals surface area contributed by atoms with Crippen molar-refractivity contribution in [1.82, 2.24) is 9.97 Å². The molecule has 6 aromatic rings. The van der Waals surface area contributed by atoms with Crippen molar-refractivity contribution in [3.05, 3.63) is 102 Å². The van der Waals surface area contributed by atoms with Gasteiger partial charge in [0, 0.05) is 38.8 Å². The summed E-state index contributed by atoms with van der Waals surface area (Å²) >= 11 is 5.98. The number of hydrogen-bond acceptors (Lipinski definition) is 2. The van der Waals surface area contributed by atoms with E-state index < -0.39 is 0 Å². The number of fused-ring (bicyclic) bond motifs is 2. The van der Waals surface area contributed by atoms with Crippen molar-refractivity contribution in [2.24, 2.45) is 0 Å². The average molecular weight is 439 g/mol. The lowest BCUT2D eigenvalue weighted by Crippen LogP contribution is -1.81. The molecule has 32 heavy (non-hydrogen) atoms. The zero-order valence-corrected chi connectivity index (χ0v) is 17.5. The van der Waals surface area contributed by atoms with Crippen LogP contribution in [0.15, 0.2) is 95.7 Å². The fraction of sp³-hybridized carbons (Fsp3) is 0. The lowest BCUT2D eigenvalue weighted by molar-refractivity contribution is 0.589. The second-order valence-electron chi connectivity index (χ2n) is 7.71. The minimum Gasteiger partial charge on any atom is -0.436 e. The summed E-state index contributed by atoms with van der Waals surface area (Å²) in [6.45, 7) is 0. The van der Waals surface area contributed by atoms with Gasteiger partial charge in [-0.25, -0.2) is 9.37 Å². The van der Waals surface area contributed by atoms with Crippen LogP contribution in [0.4, 0.5) is 4.39 Å². The molecule has 0 fully saturated rings. The van der Waals surface area contributed by atoms with Crippen molar-refractivity contribution >= 4 is 33.3 Å². The summed E-state index contributed by atoms with van der Waals surface area (Å²) in [4.78, 5) is 7.63. The van der Waals surface area contributed by atoms with E-state index in [2.05, 4.69) is 40.3 Å². The fourth-order valence-electron chi connectivity index (χ4n) is 4.04. The predicted octanol–water partition coefficient (Wildman–Crippen LogP) is 8.10. The van der Waals surface area contributed by atoms with Gasteiger partial charge in [-0.1, -0.05) is 29.8 Å². The molecule has 0 spiro atoms. The molecule has 0 amide bonds. The van der Waals surface area contributed by atoms with Gasteiger partial charge in [-0.15, -0.1) is 0 Å². The lowest BCUT2D eigenvalue weighted by atomic mass is 9.99. The highest BCUT2D eigenvalue weighted by molar-refractivity contribution is 6.30. The van der Waals surface area contributed by atoms with Crippen molar-refractivity contribution in [3.8, 4) is 33.9 Å². The number of H-pyrrole nitrogens is 1. The van der Waals surface area contributed by atoms with Crippen LogP contribution in [0.5, 0.6) is 0 Å². The minimum absolute atomic E-state index is 0.252. The molecule has 0 saturated carbocycles. The number of hydrogen-bond donors (Lipinski definition) is 1. The molecule has 4 aromatic carbocycles. The number of aromatic amines is 1. The van der Waals surface area contributed by atoms with E-state index in [0.29, 0.717) is 16.7 Å². The Kier molecular flexibility index (Phi) is 4.33. The maximum Gasteiger partial charge on any atom is 0.226 e. The smallest absolute Gasteiger partial charge is 0.226 e. The Balaban J connectivity index is 1.40. The van der Waals surface area contributed by atoms with Crippen LogP contribution in [0.1, 0.15) is 0 Å². The second-order valence-corrected chi connectivity index (χ2v) is 8.14. The molecular weight excluding hydrogens is 423 g/mol. The highest BCUT2D eigenvalue weighted by Crippen LogP contribution is 2.33. The molecule has 0 bridgehead atoms. The van der Waals surface area contributed by atoms with Crippen LogP contribution < -0.4 is 0 Å². The van der Waals surface area contributed by atoms with Crippen LogP contribution in [-0.4, -0.2) is 9.97 Å². The van der Waals surface area contributed by atoms with Crippen molar-refractivity contribution in [2.45, 2.75) is 0 Å². The molecule has 2 heterocycles. The number of nitrogens with one attached hydrogen (secondary N) is 1. The van der Waals surface area contributed by atoms with Crippen molar-refractivity contribution in [3.63, 3.8) is 0 Å². The van der Waals surface area contributed by atoms with Crippen LogP contribution in [0, 0.1) is 5.82 Å². The van der Waals surface area contributed by atoms with Crippen LogP contribution in [0.2, 0.25) is 5.02 Å². The normalized spacial score (nSPS) is 11.4. The maximum atomic E-state index is 13.5. The minimum atomic E-state index is -0.252. The summed E-state index contributed by atoms with van der Waals surface area (Å²) < 4.78 is 19.6. The van der Waals surface area contributed by atoms with Crippen LogP contribution >= 0.6 is 11.6 Å². The number of rotatable bonds is 3. The van der Waals surface area contributed by atoms with E-state index in [1.165, 1.54) is 12.1 Å². The summed E-state index contributed by atoms with van der Waals surface area (Å²) in [5.74, 6) is 0.999. The topological polar surface area (TPSA) is 41.8 Å². The van der Waals surface area contributed by atoms with E-state index in [4.69, 9.17) is 16.0 Å². The second kappa shape index (κ2) is 7.36. The van der Waals surface area contributed by atoms with E-state index in [1.807, 2.05) is 42.6 Å². The third-order valence-electron chi connectivity index (χ3n) is 5.68. The molecule has 0 aliphatic rings. The molecule has 0 saturated heterocycles. The maximum absolute atomic E-state index is 13.5. The third-order valence-corrected chi connectivity index (χ3v) is 5.93. The molecular formula is C27H16ClFN2O. The SMILES string of the molecule is Fc1ccc2c(-c3ccc4ccc(-c5ncc(-c6ccc(Cl)cc6)o5)cc4c3)c[nH]c2c1. The van der Waals surface area contributed by atoms with E-state index in [9.17, 15) is 4.39 Å². The molecule has 154 valence electrons. The van der Waals surface area contributed by atoms with Crippen molar-refractivity contribution < 1.29 is 8.81 Å². The summed E-state index contributed by atoms with van der Waals surface area (Å²) in [5, 5.41) is 3.86. The fourth-order valence-corrected chi connectivity index (χ4v) is 4.17. The largest absolute Gasteiger partial charge is 0.436 e. The Labute approximate surface area is 188 Å². The van der Waals surface area contributed by atoms with Gasteiger partial charge in [0.2, 0.25) is 5.89 Å². The van der Waals surface area contributed by atoms with E-state index >= 15 is 0 Å². The Morgan fingerprint density at radius 2 is 1.53 bits per heavy atom. The molecule has 0 atom stereocenters. The Hall–Kier alpha value is -3.89. The van der Waals surface area contributed by atoms with Crippen LogP contribution in [0.3, 0.4) is 0 Å². The van der Waals surface area contributed by atoms with E-state index in [-0.39, 0.29) is 5.82 Å². The number of halogens is 2. The molecule has 2 aromatic heterocycles. The summed E-state index contributed by atoms with van der Waals surface area (Å²) in [6.07, 6.45) is 3.64. The van der Waals surface area contributed by atoms with E-state index in [1.54, 1.807) is 6.20 Å². The van der Waals surface area contributed by atoms with Crippen molar-refractivity contribution in [2.75, 3.05) is 0 Å². The van der Waals surface area contributed by atoms with Gasteiger partial charge < -0.3 is 9.40 Å². The third kappa shape index (κ3) is 3.26. The molecule has 0 radical (unpaired) electrons. The van der Waals surface area contributed by atoms with Gasteiger partial charge in [0.05, 0.1) is 6.20 Å². The lowest BCUT2D eigenvalue weighted by Gasteiger charge is -2.05. The first-order valence-electron chi connectivity index (χ1n) is 10.2. The standard InChI is InChI=1S/C27H16ClFN2O/c28-21-7-5-17(6-8-21)26-15-31-27(32-26)19-4-2-16-1-3-18(11-20(16)12-19)24-14-30-25-13-22(29)9-10-23(24)25/h1-15,30H. The number of aromatic nitrogens is 2. The molecule has 3 nitrogen and oxygen atoms in total. The Bertz CT molecular complexity index is 1600. The summed E-state index contributed by atoms with van der Waals surface area (Å²) in [6, 6.07) is 24.7. The molecule has 1 N–H and O–H groups in total. The highest BCUT2D eigenvalue weighted by Gasteiger charge is 2.11. The first-order chi connectivity index (χ1) is 15.6. The van der Waals surface area contributed by atoms with Crippen molar-refractivity contribution in [1.29, 1.82) is 0 Å². The first kappa shape index (κ1) is 18.8. The molecule has 0 aliphatic heterocycles. The summed E-state index contributed by atoms with van der Waals surface area (Å²) in [5.41, 5.74) is 4.70. The molecule has 0 aliphatic carbocycles. The quantitative estimate of drug-likeness (QED) is 0.303. The van der Waals surface area contributed by atoms with Gasteiger partial charge in [-0.2, -0.15) is 0 Å². The molecule has 5 heteroatoms. The number of nitrogens with zero attached hydrogens (tertiary/aromatic N) is 1. The first-order valence-corrected chi connectivity index (χ1v) is 10.5. The zero-order chi connectivity index (χ0) is 21.7.